The fourth-order valence-corrected chi connectivity index (χ4v) is 1.89. The number of hydrogen-bond donors (Lipinski definition) is 0. The largest absolute Gasteiger partial charge is 0.405 e. The van der Waals surface area contributed by atoms with Gasteiger partial charge in [0.2, 0.25) is 0 Å². The van der Waals surface area contributed by atoms with Crippen molar-refractivity contribution in [2.24, 2.45) is 0 Å². The van der Waals surface area contributed by atoms with Gasteiger partial charge in [-0.25, -0.2) is 0 Å². The van der Waals surface area contributed by atoms with Crippen molar-refractivity contribution in [2.45, 2.75) is 38.9 Å². The summed E-state index contributed by atoms with van der Waals surface area (Å²) in [4.78, 5) is 5.35. The molecule has 0 saturated heterocycles. The molecule has 102 valence electrons. The normalized spacial score (nSPS) is 12.0. The van der Waals surface area contributed by atoms with E-state index in [9.17, 15) is 13.2 Å². The van der Waals surface area contributed by atoms with Crippen LogP contribution in [0.4, 0.5) is 18.9 Å². The number of aryl methyl sites for hydroxylation is 1. The minimum atomic E-state index is -4.25. The molecule has 0 aliphatic rings. The molecule has 2 nitrogen and oxygen atoms in total. The second kappa shape index (κ2) is 5.78. The highest BCUT2D eigenvalue weighted by Gasteiger charge is 2.32. The zero-order valence-electron chi connectivity index (χ0n) is 10.6. The Bertz CT molecular complexity index is 405. The summed E-state index contributed by atoms with van der Waals surface area (Å²) >= 11 is 5.76. The first-order valence-electron chi connectivity index (χ1n) is 5.59. The van der Waals surface area contributed by atoms with Gasteiger partial charge in [0.25, 0.3) is 0 Å². The van der Waals surface area contributed by atoms with Crippen molar-refractivity contribution in [3.05, 3.63) is 23.5 Å². The molecular weight excluding hydrogens is 265 g/mol. The van der Waals surface area contributed by atoms with Gasteiger partial charge in [-0.15, -0.1) is 11.6 Å². The van der Waals surface area contributed by atoms with Crippen LogP contribution in [0.25, 0.3) is 0 Å². The fraction of sp³-hybridized carbons (Fsp3) is 0.583. The lowest BCUT2D eigenvalue weighted by Crippen LogP contribution is -2.39. The SMILES string of the molecule is Cc1cc(N(CC(F)(F)F)C(C)C)c(CCl)cn1. The van der Waals surface area contributed by atoms with Crippen LogP contribution in [0.1, 0.15) is 25.1 Å². The van der Waals surface area contributed by atoms with Crippen LogP contribution in [0.2, 0.25) is 0 Å². The molecule has 1 aromatic heterocycles. The summed E-state index contributed by atoms with van der Waals surface area (Å²) in [7, 11) is 0. The van der Waals surface area contributed by atoms with Crippen molar-refractivity contribution in [3.63, 3.8) is 0 Å². The Hall–Kier alpha value is -0.970. The number of rotatable bonds is 4. The molecule has 0 fully saturated rings. The van der Waals surface area contributed by atoms with E-state index in [1.54, 1.807) is 26.8 Å². The highest BCUT2D eigenvalue weighted by atomic mass is 35.5. The molecule has 0 aromatic carbocycles. The van der Waals surface area contributed by atoms with Crippen molar-refractivity contribution < 1.29 is 13.2 Å². The summed E-state index contributed by atoms with van der Waals surface area (Å²) in [5.41, 5.74) is 1.79. The zero-order chi connectivity index (χ0) is 13.9. The van der Waals surface area contributed by atoms with Gasteiger partial charge in [-0.1, -0.05) is 0 Å². The van der Waals surface area contributed by atoms with Gasteiger partial charge in [-0.05, 0) is 26.8 Å². The first-order chi connectivity index (χ1) is 8.24. The third-order valence-electron chi connectivity index (χ3n) is 2.53. The van der Waals surface area contributed by atoms with Crippen LogP contribution in [0.15, 0.2) is 12.3 Å². The Labute approximate surface area is 110 Å². The summed E-state index contributed by atoms with van der Waals surface area (Å²) in [6.45, 7) is 4.20. The van der Waals surface area contributed by atoms with Crippen molar-refractivity contribution >= 4 is 17.3 Å². The van der Waals surface area contributed by atoms with Gasteiger partial charge >= 0.3 is 6.18 Å². The fourth-order valence-electron chi connectivity index (χ4n) is 1.68. The first-order valence-corrected chi connectivity index (χ1v) is 6.13. The van der Waals surface area contributed by atoms with Crippen LogP contribution >= 0.6 is 11.6 Å². The van der Waals surface area contributed by atoms with Crippen molar-refractivity contribution in [1.29, 1.82) is 0 Å². The van der Waals surface area contributed by atoms with Crippen molar-refractivity contribution in [2.75, 3.05) is 11.4 Å². The van der Waals surface area contributed by atoms with Crippen LogP contribution in [0.5, 0.6) is 0 Å². The summed E-state index contributed by atoms with van der Waals surface area (Å²) in [5.74, 6) is 0.143. The Morgan fingerprint density at radius 3 is 2.44 bits per heavy atom. The molecule has 0 bridgehead atoms. The average molecular weight is 281 g/mol. The van der Waals surface area contributed by atoms with E-state index >= 15 is 0 Å². The predicted molar refractivity (Wildman–Crippen MR) is 67.1 cm³/mol. The molecule has 0 N–H and O–H groups in total. The average Bonchev–Trinajstić information content (AvgIpc) is 2.24. The lowest BCUT2D eigenvalue weighted by atomic mass is 10.1. The monoisotopic (exact) mass is 280 g/mol. The zero-order valence-corrected chi connectivity index (χ0v) is 11.3. The topological polar surface area (TPSA) is 16.1 Å². The standard InChI is InChI=1S/C12H16ClF3N2/c1-8(2)18(7-12(14,15)16)11-4-9(3)17-6-10(11)5-13/h4,6,8H,5,7H2,1-3H3. The molecule has 0 spiro atoms. The molecule has 1 rings (SSSR count). The molecule has 18 heavy (non-hydrogen) atoms. The molecule has 0 atom stereocenters. The van der Waals surface area contributed by atoms with Gasteiger partial charge in [0.05, 0.1) is 5.88 Å². The summed E-state index contributed by atoms with van der Waals surface area (Å²) in [5, 5.41) is 0. The quantitative estimate of drug-likeness (QED) is 0.778. The maximum atomic E-state index is 12.6. The van der Waals surface area contributed by atoms with Gasteiger partial charge in [0, 0.05) is 29.2 Å². The number of anilines is 1. The molecule has 0 saturated carbocycles. The molecule has 0 aliphatic heterocycles. The number of hydrogen-bond acceptors (Lipinski definition) is 2. The molecular formula is C12H16ClF3N2. The van der Waals surface area contributed by atoms with Crippen LogP contribution in [0, 0.1) is 6.92 Å². The number of halogens is 4. The lowest BCUT2D eigenvalue weighted by Gasteiger charge is -2.31. The van der Waals surface area contributed by atoms with E-state index in [4.69, 9.17) is 11.6 Å². The van der Waals surface area contributed by atoms with E-state index < -0.39 is 12.7 Å². The van der Waals surface area contributed by atoms with Crippen molar-refractivity contribution in [1.82, 2.24) is 4.98 Å². The van der Waals surface area contributed by atoms with Gasteiger partial charge in [0.15, 0.2) is 0 Å². The van der Waals surface area contributed by atoms with Crippen molar-refractivity contribution in [3.8, 4) is 0 Å². The molecule has 0 amide bonds. The Balaban J connectivity index is 3.16. The van der Waals surface area contributed by atoms with Gasteiger partial charge in [-0.2, -0.15) is 13.2 Å². The van der Waals surface area contributed by atoms with E-state index in [-0.39, 0.29) is 11.9 Å². The Kier molecular flexibility index (Phi) is 4.85. The summed E-state index contributed by atoms with van der Waals surface area (Å²) in [6.07, 6.45) is -2.71. The van der Waals surface area contributed by atoms with E-state index in [1.165, 1.54) is 11.1 Å². The van der Waals surface area contributed by atoms with Gasteiger partial charge < -0.3 is 4.90 Å². The molecule has 1 aromatic rings. The van der Waals surface area contributed by atoms with E-state index in [2.05, 4.69) is 4.98 Å². The maximum absolute atomic E-state index is 12.6. The summed E-state index contributed by atoms with van der Waals surface area (Å²) in [6, 6.07) is 1.37. The minimum absolute atomic E-state index is 0.143. The highest BCUT2D eigenvalue weighted by Crippen LogP contribution is 2.28. The third-order valence-corrected chi connectivity index (χ3v) is 2.81. The van der Waals surface area contributed by atoms with Crippen LogP contribution < -0.4 is 4.90 Å². The molecule has 1 heterocycles. The second-order valence-corrected chi connectivity index (χ2v) is 4.69. The number of aromatic nitrogens is 1. The second-order valence-electron chi connectivity index (χ2n) is 4.42. The van der Waals surface area contributed by atoms with Crippen LogP contribution in [-0.4, -0.2) is 23.7 Å². The molecule has 0 unspecified atom stereocenters. The number of pyridine rings is 1. The van der Waals surface area contributed by atoms with Crippen LogP contribution in [-0.2, 0) is 5.88 Å². The van der Waals surface area contributed by atoms with E-state index in [1.807, 2.05) is 0 Å². The third kappa shape index (κ3) is 4.05. The minimum Gasteiger partial charge on any atom is -0.360 e. The van der Waals surface area contributed by atoms with E-state index in [0.29, 0.717) is 16.9 Å². The number of nitrogens with zero attached hydrogens (tertiary/aromatic N) is 2. The Morgan fingerprint density at radius 1 is 1.39 bits per heavy atom. The van der Waals surface area contributed by atoms with Gasteiger partial charge in [-0.3, -0.25) is 4.98 Å². The summed E-state index contributed by atoms with van der Waals surface area (Å²) < 4.78 is 37.8. The van der Waals surface area contributed by atoms with Crippen LogP contribution in [0.3, 0.4) is 0 Å². The van der Waals surface area contributed by atoms with Gasteiger partial charge in [0.1, 0.15) is 6.54 Å². The Morgan fingerprint density at radius 2 is 2.00 bits per heavy atom. The lowest BCUT2D eigenvalue weighted by molar-refractivity contribution is -0.120. The molecule has 6 heteroatoms. The molecule has 0 radical (unpaired) electrons. The number of alkyl halides is 4. The highest BCUT2D eigenvalue weighted by molar-refractivity contribution is 6.17. The predicted octanol–water partition coefficient (Wildman–Crippen LogP) is 3.91. The van der Waals surface area contributed by atoms with E-state index in [0.717, 1.165) is 0 Å². The maximum Gasteiger partial charge on any atom is 0.405 e. The smallest absolute Gasteiger partial charge is 0.360 e. The molecule has 0 aliphatic carbocycles. The first kappa shape index (κ1) is 15.1.